The van der Waals surface area contributed by atoms with E-state index in [4.69, 9.17) is 4.74 Å². The van der Waals surface area contributed by atoms with Crippen molar-refractivity contribution < 1.29 is 24.2 Å². The topological polar surface area (TPSA) is 90.4 Å². The van der Waals surface area contributed by atoms with E-state index in [0.717, 1.165) is 30.9 Å². The molecule has 224 valence electrons. The minimum atomic E-state index is -0.748. The molecule has 1 aromatic carbocycles. The fraction of sp³-hybridized carbons (Fsp3) is 0.581. The van der Waals surface area contributed by atoms with Crippen LogP contribution in [0.25, 0.3) is 0 Å². The van der Waals surface area contributed by atoms with Crippen LogP contribution in [-0.2, 0) is 19.1 Å². The van der Waals surface area contributed by atoms with Gasteiger partial charge in [0.05, 0.1) is 16.6 Å². The highest BCUT2D eigenvalue weighted by Gasteiger charge is 2.76. The third kappa shape index (κ3) is 5.84. The minimum Gasteiger partial charge on any atom is -0.461 e. The number of ether oxygens (including phenoxy) is 1. The zero-order chi connectivity index (χ0) is 29.7. The quantitative estimate of drug-likeness (QED) is 0.131. The molecule has 10 heteroatoms. The van der Waals surface area contributed by atoms with Crippen molar-refractivity contribution in [1.29, 1.82) is 0 Å². The summed E-state index contributed by atoms with van der Waals surface area (Å²) in [6, 6.07) is 7.22. The molecule has 2 amide bonds. The van der Waals surface area contributed by atoms with Gasteiger partial charge in [0.15, 0.2) is 0 Å². The average molecular weight is 649 g/mol. The maximum Gasteiger partial charge on any atom is 0.311 e. The summed E-state index contributed by atoms with van der Waals surface area (Å²) in [6.07, 6.45) is 5.87. The van der Waals surface area contributed by atoms with E-state index in [9.17, 15) is 19.5 Å². The van der Waals surface area contributed by atoms with Gasteiger partial charge in [-0.25, -0.2) is 0 Å². The Labute approximate surface area is 256 Å². The predicted octanol–water partition coefficient (Wildman–Crippen LogP) is 4.41. The fourth-order valence-corrected chi connectivity index (χ4v) is 10.4. The highest BCUT2D eigenvalue weighted by molar-refractivity contribution is 9.09. The molecule has 6 atom stereocenters. The second-order valence-corrected chi connectivity index (χ2v) is 13.5. The van der Waals surface area contributed by atoms with Gasteiger partial charge < -0.3 is 24.5 Å². The van der Waals surface area contributed by atoms with Crippen LogP contribution in [0.1, 0.15) is 39.5 Å². The van der Waals surface area contributed by atoms with Crippen molar-refractivity contribution in [2.75, 3.05) is 49.2 Å². The van der Waals surface area contributed by atoms with Gasteiger partial charge in [-0.15, -0.1) is 18.3 Å². The molecule has 3 fully saturated rings. The number of likely N-dealkylation sites (tertiary alicyclic amines) is 1. The number of carbonyl (C=O) groups is 3. The van der Waals surface area contributed by atoms with Gasteiger partial charge in [-0.2, -0.15) is 0 Å². The van der Waals surface area contributed by atoms with Crippen molar-refractivity contribution in [3.05, 3.63) is 49.6 Å². The SMILES string of the molecule is C=CCOC(=O)[C@H]1[C@@H]2SC3(CC2Br)C(C(=O)N(CC=C)c2ccc(N(CC)CC)cc2)N(CCCCCO)C(=O)[C@H]13. The number of carbonyl (C=O) groups excluding carboxylic acids is 3. The number of anilines is 2. The predicted molar refractivity (Wildman–Crippen MR) is 169 cm³/mol. The van der Waals surface area contributed by atoms with Crippen molar-refractivity contribution >= 4 is 56.9 Å². The summed E-state index contributed by atoms with van der Waals surface area (Å²) in [6.45, 7) is 14.4. The monoisotopic (exact) mass is 647 g/mol. The molecule has 2 bridgehead atoms. The van der Waals surface area contributed by atoms with Gasteiger partial charge in [0.1, 0.15) is 12.6 Å². The van der Waals surface area contributed by atoms with Crippen LogP contribution >= 0.6 is 27.7 Å². The highest BCUT2D eigenvalue weighted by Crippen LogP contribution is 2.68. The van der Waals surface area contributed by atoms with Crippen LogP contribution in [0.15, 0.2) is 49.6 Å². The molecule has 0 aliphatic carbocycles. The third-order valence-corrected chi connectivity index (χ3v) is 11.8. The zero-order valence-electron chi connectivity index (χ0n) is 24.0. The Morgan fingerprint density at radius 3 is 2.44 bits per heavy atom. The Morgan fingerprint density at radius 2 is 1.83 bits per heavy atom. The molecule has 3 saturated heterocycles. The van der Waals surface area contributed by atoms with E-state index in [1.807, 2.05) is 24.3 Å². The van der Waals surface area contributed by atoms with Crippen molar-refractivity contribution in [2.45, 2.75) is 60.4 Å². The molecule has 3 aliphatic rings. The van der Waals surface area contributed by atoms with Crippen LogP contribution in [0.4, 0.5) is 11.4 Å². The van der Waals surface area contributed by atoms with Crippen molar-refractivity contribution in [3.63, 3.8) is 0 Å². The largest absolute Gasteiger partial charge is 0.461 e. The molecule has 3 unspecified atom stereocenters. The van der Waals surface area contributed by atoms with E-state index in [2.05, 4.69) is 47.8 Å². The van der Waals surface area contributed by atoms with Crippen LogP contribution in [0.3, 0.4) is 0 Å². The number of benzene rings is 1. The Hall–Kier alpha value is -2.30. The summed E-state index contributed by atoms with van der Waals surface area (Å²) < 4.78 is 4.73. The number of rotatable bonds is 15. The normalized spacial score (nSPS) is 28.0. The molecule has 8 nitrogen and oxygen atoms in total. The standard InChI is InChI=1S/C31H42BrN3O5S/c1-5-16-34(22-14-12-21(13-15-22)33(7-3)8-4)29(38)27-31-20-23(32)26(41-31)24(30(39)40-19-6-2)25(31)28(37)35(27)17-10-9-11-18-36/h5-6,12-15,23-27,36H,1-2,7-11,16-20H2,3-4H3/t23?,24-,25+,26-,27?,31?/m1/s1. The average Bonchev–Trinajstić information content (AvgIpc) is 3.56. The number of alkyl halides is 1. The lowest BCUT2D eigenvalue weighted by atomic mass is 9.71. The lowest BCUT2D eigenvalue weighted by molar-refractivity contribution is -0.153. The Balaban J connectivity index is 1.72. The second-order valence-electron chi connectivity index (χ2n) is 10.8. The highest BCUT2D eigenvalue weighted by atomic mass is 79.9. The first kappa shape index (κ1) is 31.6. The smallest absolute Gasteiger partial charge is 0.311 e. The maximum absolute atomic E-state index is 14.7. The van der Waals surface area contributed by atoms with Gasteiger partial charge in [0, 0.05) is 54.2 Å². The number of esters is 1. The zero-order valence-corrected chi connectivity index (χ0v) is 26.4. The Kier molecular flexibility index (Phi) is 10.6. The van der Waals surface area contributed by atoms with E-state index >= 15 is 0 Å². The van der Waals surface area contributed by atoms with Crippen LogP contribution in [0.2, 0.25) is 0 Å². The summed E-state index contributed by atoms with van der Waals surface area (Å²) in [7, 11) is 0. The first-order valence-corrected chi connectivity index (χ1v) is 16.4. The summed E-state index contributed by atoms with van der Waals surface area (Å²) >= 11 is 5.39. The number of aliphatic hydroxyl groups excluding tert-OH is 1. The van der Waals surface area contributed by atoms with Gasteiger partial charge in [0.2, 0.25) is 5.91 Å². The van der Waals surface area contributed by atoms with Gasteiger partial charge >= 0.3 is 5.97 Å². The maximum atomic E-state index is 14.7. The molecule has 1 spiro atoms. The lowest BCUT2D eigenvalue weighted by Gasteiger charge is -2.38. The molecule has 4 rings (SSSR count). The van der Waals surface area contributed by atoms with Crippen LogP contribution in [0.5, 0.6) is 0 Å². The van der Waals surface area contributed by atoms with Crippen molar-refractivity contribution in [1.82, 2.24) is 4.90 Å². The molecule has 41 heavy (non-hydrogen) atoms. The van der Waals surface area contributed by atoms with E-state index in [-0.39, 0.29) is 35.1 Å². The summed E-state index contributed by atoms with van der Waals surface area (Å²) in [5.41, 5.74) is 1.83. The summed E-state index contributed by atoms with van der Waals surface area (Å²) in [5.74, 6) is -1.99. The molecule has 0 radical (unpaired) electrons. The van der Waals surface area contributed by atoms with E-state index in [1.54, 1.807) is 27.6 Å². The van der Waals surface area contributed by atoms with Gasteiger partial charge in [-0.1, -0.05) is 34.7 Å². The number of amides is 2. The van der Waals surface area contributed by atoms with E-state index < -0.39 is 28.6 Å². The molecule has 0 saturated carbocycles. The number of thioether (sulfide) groups is 1. The van der Waals surface area contributed by atoms with Gasteiger partial charge in [-0.05, 0) is 63.8 Å². The summed E-state index contributed by atoms with van der Waals surface area (Å²) in [5, 5.41) is 9.13. The second kappa shape index (κ2) is 13.8. The fourth-order valence-electron chi connectivity index (χ4n) is 6.76. The molecule has 1 N–H and O–H groups in total. The minimum absolute atomic E-state index is 0.0244. The molecule has 0 aromatic heterocycles. The first-order chi connectivity index (χ1) is 19.8. The van der Waals surface area contributed by atoms with Crippen LogP contribution < -0.4 is 9.80 Å². The number of halogens is 1. The first-order valence-electron chi connectivity index (χ1n) is 14.6. The Bertz CT molecular complexity index is 1130. The molecule has 3 heterocycles. The number of unbranched alkanes of at least 4 members (excludes halogenated alkanes) is 2. The molecular formula is C31H42BrN3O5S. The molecule has 1 aromatic rings. The van der Waals surface area contributed by atoms with Gasteiger partial charge in [-0.3, -0.25) is 14.4 Å². The van der Waals surface area contributed by atoms with E-state index in [1.165, 1.54) is 6.08 Å². The van der Waals surface area contributed by atoms with Crippen molar-refractivity contribution in [3.8, 4) is 0 Å². The number of fused-ring (bicyclic) bond motifs is 1. The number of hydrogen-bond acceptors (Lipinski definition) is 7. The number of nitrogens with zero attached hydrogens (tertiary/aromatic N) is 3. The van der Waals surface area contributed by atoms with Crippen molar-refractivity contribution in [2.24, 2.45) is 11.8 Å². The Morgan fingerprint density at radius 1 is 1.15 bits per heavy atom. The van der Waals surface area contributed by atoms with Crippen LogP contribution in [0, 0.1) is 11.8 Å². The lowest BCUT2D eigenvalue weighted by Crippen LogP contribution is -2.55. The molecule has 3 aliphatic heterocycles. The summed E-state index contributed by atoms with van der Waals surface area (Å²) in [4.78, 5) is 47.8. The van der Waals surface area contributed by atoms with E-state index in [0.29, 0.717) is 32.4 Å². The van der Waals surface area contributed by atoms with Crippen LogP contribution in [-0.4, -0.2) is 88.0 Å². The third-order valence-electron chi connectivity index (χ3n) is 8.56. The molecular weight excluding hydrogens is 606 g/mol. The number of aliphatic hydroxyl groups is 1. The number of hydrogen-bond donors (Lipinski definition) is 1. The van der Waals surface area contributed by atoms with Gasteiger partial charge in [0.25, 0.3) is 5.91 Å².